The van der Waals surface area contributed by atoms with E-state index in [1.54, 1.807) is 16.9 Å². The van der Waals surface area contributed by atoms with Crippen LogP contribution in [0.4, 0.5) is 8.78 Å². The molecule has 0 amide bonds. The fourth-order valence-electron chi connectivity index (χ4n) is 2.14. The second kappa shape index (κ2) is 5.93. The summed E-state index contributed by atoms with van der Waals surface area (Å²) in [5.74, 6) is -1.59. The lowest BCUT2D eigenvalue weighted by atomic mass is 10.00. The second-order valence-electron chi connectivity index (χ2n) is 4.48. The average Bonchev–Trinajstić information content (AvgIpc) is 2.78. The fraction of sp³-hybridized carbons (Fsp3) is 0.357. The van der Waals surface area contributed by atoms with Gasteiger partial charge in [-0.2, -0.15) is 5.10 Å². The number of benzene rings is 1. The van der Waals surface area contributed by atoms with E-state index in [0.29, 0.717) is 18.5 Å². The van der Waals surface area contributed by atoms with Crippen LogP contribution >= 0.6 is 0 Å². The number of nitrogens with one attached hydrogen (secondary N) is 1. The lowest BCUT2D eigenvalue weighted by molar-refractivity contribution is 0.464. The van der Waals surface area contributed by atoms with Crippen molar-refractivity contribution in [2.45, 2.75) is 19.4 Å². The van der Waals surface area contributed by atoms with Crippen LogP contribution in [0.15, 0.2) is 30.6 Å². The zero-order chi connectivity index (χ0) is 13.8. The van der Waals surface area contributed by atoms with Gasteiger partial charge in [-0.3, -0.25) is 4.68 Å². The lowest BCUT2D eigenvalue weighted by Gasteiger charge is -2.18. The van der Waals surface area contributed by atoms with E-state index >= 15 is 0 Å². The van der Waals surface area contributed by atoms with Crippen molar-refractivity contribution in [3.8, 4) is 0 Å². The van der Waals surface area contributed by atoms with Crippen LogP contribution in [0, 0.1) is 11.6 Å². The summed E-state index contributed by atoms with van der Waals surface area (Å²) in [6.07, 6.45) is 4.19. The molecule has 2 aromatic rings. The third-order valence-electron chi connectivity index (χ3n) is 3.01. The van der Waals surface area contributed by atoms with Crippen molar-refractivity contribution in [2.24, 2.45) is 7.05 Å². The van der Waals surface area contributed by atoms with Gasteiger partial charge in [0, 0.05) is 24.8 Å². The first-order valence-corrected chi connectivity index (χ1v) is 6.26. The van der Waals surface area contributed by atoms with Gasteiger partial charge in [-0.15, -0.1) is 0 Å². The van der Waals surface area contributed by atoms with Crippen LogP contribution in [0.3, 0.4) is 0 Å². The van der Waals surface area contributed by atoms with Crippen LogP contribution < -0.4 is 5.32 Å². The van der Waals surface area contributed by atoms with Crippen molar-refractivity contribution < 1.29 is 8.78 Å². The zero-order valence-corrected chi connectivity index (χ0v) is 11.0. The van der Waals surface area contributed by atoms with Crippen LogP contribution in [0.25, 0.3) is 0 Å². The first-order valence-electron chi connectivity index (χ1n) is 6.26. The molecule has 1 unspecified atom stereocenters. The molecule has 19 heavy (non-hydrogen) atoms. The largest absolute Gasteiger partial charge is 0.310 e. The Balaban J connectivity index is 2.26. The van der Waals surface area contributed by atoms with E-state index in [4.69, 9.17) is 0 Å². The molecule has 0 radical (unpaired) electrons. The minimum absolute atomic E-state index is 0.259. The van der Waals surface area contributed by atoms with E-state index in [2.05, 4.69) is 10.4 Å². The Hall–Kier alpha value is -1.75. The minimum atomic E-state index is -0.813. The summed E-state index contributed by atoms with van der Waals surface area (Å²) >= 11 is 0. The molecular weight excluding hydrogens is 248 g/mol. The summed E-state index contributed by atoms with van der Waals surface area (Å²) in [5.41, 5.74) is 1.34. The Bertz CT molecular complexity index is 551. The van der Waals surface area contributed by atoms with Gasteiger partial charge in [-0.05, 0) is 24.6 Å². The first kappa shape index (κ1) is 13.7. The smallest absolute Gasteiger partial charge is 0.163 e. The SMILES string of the molecule is CCNC(Cc1cnn(C)c1)c1cccc(F)c1F. The van der Waals surface area contributed by atoms with Gasteiger partial charge in [0.25, 0.3) is 0 Å². The maximum Gasteiger partial charge on any atom is 0.163 e. The molecule has 1 aromatic carbocycles. The van der Waals surface area contributed by atoms with Crippen molar-refractivity contribution in [2.75, 3.05) is 6.54 Å². The van der Waals surface area contributed by atoms with Gasteiger partial charge in [0.1, 0.15) is 0 Å². The van der Waals surface area contributed by atoms with Gasteiger partial charge >= 0.3 is 0 Å². The highest BCUT2D eigenvalue weighted by Gasteiger charge is 2.18. The first-order chi connectivity index (χ1) is 9.11. The molecule has 0 aliphatic rings. The number of halogens is 2. The third kappa shape index (κ3) is 3.17. The maximum atomic E-state index is 13.8. The maximum absolute atomic E-state index is 13.8. The van der Waals surface area contributed by atoms with Crippen molar-refractivity contribution in [1.82, 2.24) is 15.1 Å². The van der Waals surface area contributed by atoms with Gasteiger partial charge in [-0.1, -0.05) is 19.1 Å². The Kier molecular flexibility index (Phi) is 4.27. The van der Waals surface area contributed by atoms with Gasteiger partial charge in [0.15, 0.2) is 11.6 Å². The Morgan fingerprint density at radius 3 is 2.79 bits per heavy atom. The van der Waals surface area contributed by atoms with Crippen molar-refractivity contribution >= 4 is 0 Å². The lowest BCUT2D eigenvalue weighted by Crippen LogP contribution is -2.24. The topological polar surface area (TPSA) is 29.9 Å². The predicted molar refractivity (Wildman–Crippen MR) is 69.7 cm³/mol. The Morgan fingerprint density at radius 2 is 2.16 bits per heavy atom. The molecule has 1 heterocycles. The molecule has 0 aliphatic carbocycles. The van der Waals surface area contributed by atoms with Crippen molar-refractivity contribution in [3.05, 3.63) is 53.4 Å². The van der Waals surface area contributed by atoms with Crippen LogP contribution in [0.2, 0.25) is 0 Å². The highest BCUT2D eigenvalue weighted by atomic mass is 19.2. The van der Waals surface area contributed by atoms with E-state index in [1.807, 2.05) is 20.2 Å². The van der Waals surface area contributed by atoms with Gasteiger partial charge in [0.2, 0.25) is 0 Å². The molecule has 102 valence electrons. The average molecular weight is 265 g/mol. The molecule has 2 rings (SSSR count). The van der Waals surface area contributed by atoms with Crippen LogP contribution in [0.5, 0.6) is 0 Å². The number of hydrogen-bond donors (Lipinski definition) is 1. The highest BCUT2D eigenvalue weighted by Crippen LogP contribution is 2.22. The summed E-state index contributed by atoms with van der Waals surface area (Å²) in [7, 11) is 1.83. The van der Waals surface area contributed by atoms with Crippen molar-refractivity contribution in [1.29, 1.82) is 0 Å². The van der Waals surface area contributed by atoms with E-state index < -0.39 is 11.6 Å². The molecule has 0 spiro atoms. The molecule has 1 aromatic heterocycles. The zero-order valence-electron chi connectivity index (χ0n) is 11.0. The summed E-state index contributed by atoms with van der Waals surface area (Å²) in [6, 6.07) is 4.01. The number of hydrogen-bond acceptors (Lipinski definition) is 2. The molecule has 3 nitrogen and oxygen atoms in total. The molecule has 0 bridgehead atoms. The standard InChI is InChI=1S/C14H17F2N3/c1-3-17-13(7-10-8-18-19(2)9-10)11-5-4-6-12(15)14(11)16/h4-6,8-9,13,17H,3,7H2,1-2H3. The monoisotopic (exact) mass is 265 g/mol. The Labute approximate surface area is 111 Å². The number of aryl methyl sites for hydroxylation is 1. The fourth-order valence-corrected chi connectivity index (χ4v) is 2.14. The number of nitrogens with zero attached hydrogens (tertiary/aromatic N) is 2. The molecule has 0 fully saturated rings. The second-order valence-corrected chi connectivity index (χ2v) is 4.48. The predicted octanol–water partition coefficient (Wildman–Crippen LogP) is 2.59. The summed E-state index contributed by atoms with van der Waals surface area (Å²) in [4.78, 5) is 0. The van der Waals surface area contributed by atoms with E-state index in [1.165, 1.54) is 6.07 Å². The minimum Gasteiger partial charge on any atom is -0.310 e. The van der Waals surface area contributed by atoms with Crippen LogP contribution in [-0.2, 0) is 13.5 Å². The molecule has 5 heteroatoms. The van der Waals surface area contributed by atoms with Crippen LogP contribution in [-0.4, -0.2) is 16.3 Å². The van der Waals surface area contributed by atoms with E-state index in [0.717, 1.165) is 11.6 Å². The van der Waals surface area contributed by atoms with Gasteiger partial charge in [-0.25, -0.2) is 8.78 Å². The van der Waals surface area contributed by atoms with Gasteiger partial charge < -0.3 is 5.32 Å². The molecular formula is C14H17F2N3. The highest BCUT2D eigenvalue weighted by molar-refractivity contribution is 5.24. The van der Waals surface area contributed by atoms with Gasteiger partial charge in [0.05, 0.1) is 6.20 Å². The molecule has 0 saturated heterocycles. The third-order valence-corrected chi connectivity index (χ3v) is 3.01. The summed E-state index contributed by atoms with van der Waals surface area (Å²) < 4.78 is 28.8. The molecule has 1 atom stereocenters. The quantitative estimate of drug-likeness (QED) is 0.900. The number of likely N-dealkylation sites (N-methyl/N-ethyl adjacent to an activating group) is 1. The number of rotatable bonds is 5. The summed E-state index contributed by atoms with van der Waals surface area (Å²) in [6.45, 7) is 2.62. The molecule has 0 aliphatic heterocycles. The van der Waals surface area contributed by atoms with E-state index in [-0.39, 0.29) is 6.04 Å². The van der Waals surface area contributed by atoms with Crippen molar-refractivity contribution in [3.63, 3.8) is 0 Å². The van der Waals surface area contributed by atoms with E-state index in [9.17, 15) is 8.78 Å². The molecule has 0 saturated carbocycles. The summed E-state index contributed by atoms with van der Waals surface area (Å²) in [5, 5.41) is 7.27. The Morgan fingerprint density at radius 1 is 1.37 bits per heavy atom. The molecule has 1 N–H and O–H groups in total. The number of aromatic nitrogens is 2. The van der Waals surface area contributed by atoms with Crippen LogP contribution in [0.1, 0.15) is 24.1 Å². The normalized spacial score (nSPS) is 12.6.